The molecule has 0 unspecified atom stereocenters. The molecule has 0 aromatic rings. The molecule has 0 radical (unpaired) electrons. The Balaban J connectivity index is 1.51. The summed E-state index contributed by atoms with van der Waals surface area (Å²) >= 11 is 0. The van der Waals surface area contributed by atoms with Crippen molar-refractivity contribution in [2.24, 2.45) is 5.92 Å². The molecule has 0 bridgehead atoms. The number of carbonyl (C=O) groups excluding carboxylic acids is 1. The van der Waals surface area contributed by atoms with E-state index in [0.29, 0.717) is 19.7 Å². The van der Waals surface area contributed by atoms with E-state index >= 15 is 0 Å². The van der Waals surface area contributed by atoms with E-state index in [1.807, 2.05) is 13.8 Å². The number of amides is 1. The van der Waals surface area contributed by atoms with Crippen molar-refractivity contribution in [3.63, 3.8) is 0 Å². The number of hydrogen-bond acceptors (Lipinski definition) is 5. The van der Waals surface area contributed by atoms with Crippen LogP contribution in [-0.2, 0) is 14.3 Å². The number of carbonyl (C=O) groups is 1. The highest BCUT2D eigenvalue weighted by atomic mass is 16.5. The molecule has 2 saturated heterocycles. The maximum absolute atomic E-state index is 12.0. The molecule has 140 valence electrons. The lowest BCUT2D eigenvalue weighted by atomic mass is 9.96. The molecule has 0 atom stereocenters. The molecule has 2 fully saturated rings. The predicted molar refractivity (Wildman–Crippen MR) is 95.1 cm³/mol. The van der Waals surface area contributed by atoms with E-state index in [4.69, 9.17) is 9.47 Å². The van der Waals surface area contributed by atoms with Crippen LogP contribution in [-0.4, -0.2) is 87.4 Å². The van der Waals surface area contributed by atoms with Gasteiger partial charge in [0.25, 0.3) is 0 Å². The van der Waals surface area contributed by atoms with Gasteiger partial charge < -0.3 is 14.8 Å². The number of rotatable bonds is 9. The zero-order valence-corrected chi connectivity index (χ0v) is 15.5. The summed E-state index contributed by atoms with van der Waals surface area (Å²) in [5.74, 6) is 0.918. The third-order valence-corrected chi connectivity index (χ3v) is 4.79. The van der Waals surface area contributed by atoms with Crippen molar-refractivity contribution in [3.8, 4) is 0 Å². The van der Waals surface area contributed by atoms with Gasteiger partial charge in [0.2, 0.25) is 5.91 Å². The van der Waals surface area contributed by atoms with E-state index in [9.17, 15) is 4.79 Å². The summed E-state index contributed by atoms with van der Waals surface area (Å²) in [7, 11) is 0. The quantitative estimate of drug-likeness (QED) is 0.633. The van der Waals surface area contributed by atoms with Gasteiger partial charge in [-0.05, 0) is 52.1 Å². The Hall–Kier alpha value is -0.690. The average molecular weight is 341 g/mol. The molecule has 6 heteroatoms. The fourth-order valence-electron chi connectivity index (χ4n) is 3.35. The lowest BCUT2D eigenvalue weighted by Gasteiger charge is -2.35. The number of nitrogens with zero attached hydrogens (tertiary/aromatic N) is 2. The van der Waals surface area contributed by atoms with Gasteiger partial charge in [-0.15, -0.1) is 0 Å². The van der Waals surface area contributed by atoms with Crippen LogP contribution in [0.3, 0.4) is 0 Å². The standard InChI is InChI=1S/C18H35N3O3/c1-16(2)24-11-3-6-19-18(22)15-20-7-4-17(5-8-20)14-21-9-12-23-13-10-21/h16-17H,3-15H2,1-2H3,(H,19,22). The summed E-state index contributed by atoms with van der Waals surface area (Å²) in [6, 6.07) is 0. The predicted octanol–water partition coefficient (Wildman–Crippen LogP) is 0.962. The van der Waals surface area contributed by atoms with Gasteiger partial charge in [0.15, 0.2) is 0 Å². The Kier molecular flexibility index (Phi) is 9.02. The van der Waals surface area contributed by atoms with Crippen molar-refractivity contribution >= 4 is 5.91 Å². The first-order valence-corrected chi connectivity index (χ1v) is 9.54. The summed E-state index contributed by atoms with van der Waals surface area (Å²) < 4.78 is 10.9. The first-order chi connectivity index (χ1) is 11.6. The Bertz CT molecular complexity index is 351. The minimum absolute atomic E-state index is 0.145. The minimum atomic E-state index is 0.145. The largest absolute Gasteiger partial charge is 0.379 e. The Morgan fingerprint density at radius 3 is 2.54 bits per heavy atom. The SMILES string of the molecule is CC(C)OCCCNC(=O)CN1CCC(CN2CCOCC2)CC1. The lowest BCUT2D eigenvalue weighted by Crippen LogP contribution is -2.45. The van der Waals surface area contributed by atoms with E-state index in [-0.39, 0.29) is 12.0 Å². The van der Waals surface area contributed by atoms with Gasteiger partial charge in [-0.2, -0.15) is 0 Å². The highest BCUT2D eigenvalue weighted by Crippen LogP contribution is 2.18. The molecule has 1 N–H and O–H groups in total. The second kappa shape index (κ2) is 11.0. The Morgan fingerprint density at radius 1 is 1.17 bits per heavy atom. The van der Waals surface area contributed by atoms with Crippen molar-refractivity contribution < 1.29 is 14.3 Å². The van der Waals surface area contributed by atoms with Crippen LogP contribution in [0, 0.1) is 5.92 Å². The van der Waals surface area contributed by atoms with E-state index < -0.39 is 0 Å². The molecule has 0 aromatic heterocycles. The zero-order valence-electron chi connectivity index (χ0n) is 15.5. The maximum atomic E-state index is 12.0. The average Bonchev–Trinajstić information content (AvgIpc) is 2.57. The fraction of sp³-hybridized carbons (Fsp3) is 0.944. The molecule has 2 rings (SSSR count). The molecule has 1 amide bonds. The van der Waals surface area contributed by atoms with Crippen LogP contribution < -0.4 is 5.32 Å². The molecule has 2 heterocycles. The molecule has 0 spiro atoms. The molecule has 0 aromatic carbocycles. The van der Waals surface area contributed by atoms with Crippen molar-refractivity contribution in [3.05, 3.63) is 0 Å². The van der Waals surface area contributed by atoms with Crippen molar-refractivity contribution in [1.29, 1.82) is 0 Å². The highest BCUT2D eigenvalue weighted by molar-refractivity contribution is 5.77. The van der Waals surface area contributed by atoms with Gasteiger partial charge in [0.05, 0.1) is 25.9 Å². The number of hydrogen-bond donors (Lipinski definition) is 1. The molecular formula is C18H35N3O3. The van der Waals surface area contributed by atoms with Crippen molar-refractivity contribution in [1.82, 2.24) is 15.1 Å². The third-order valence-electron chi connectivity index (χ3n) is 4.79. The van der Waals surface area contributed by atoms with Crippen LogP contribution in [0.25, 0.3) is 0 Å². The second-order valence-corrected chi connectivity index (χ2v) is 7.26. The maximum Gasteiger partial charge on any atom is 0.234 e. The smallest absolute Gasteiger partial charge is 0.234 e. The van der Waals surface area contributed by atoms with Crippen LogP contribution >= 0.6 is 0 Å². The molecule has 0 aliphatic carbocycles. The van der Waals surface area contributed by atoms with Gasteiger partial charge in [-0.3, -0.25) is 14.6 Å². The van der Waals surface area contributed by atoms with Crippen LogP contribution in [0.1, 0.15) is 33.1 Å². The molecule has 0 saturated carbocycles. The summed E-state index contributed by atoms with van der Waals surface area (Å²) in [6.45, 7) is 13.2. The van der Waals surface area contributed by atoms with Crippen molar-refractivity contribution in [2.45, 2.75) is 39.2 Å². The molecular weight excluding hydrogens is 306 g/mol. The summed E-state index contributed by atoms with van der Waals surface area (Å²) in [4.78, 5) is 16.8. The highest BCUT2D eigenvalue weighted by Gasteiger charge is 2.23. The molecule has 2 aliphatic rings. The van der Waals surface area contributed by atoms with Gasteiger partial charge in [-0.25, -0.2) is 0 Å². The summed E-state index contributed by atoms with van der Waals surface area (Å²) in [5, 5.41) is 3.00. The zero-order chi connectivity index (χ0) is 17.2. The number of nitrogens with one attached hydrogen (secondary N) is 1. The first-order valence-electron chi connectivity index (χ1n) is 9.54. The normalized spacial score (nSPS) is 21.3. The number of ether oxygens (including phenoxy) is 2. The number of likely N-dealkylation sites (tertiary alicyclic amines) is 1. The van der Waals surface area contributed by atoms with Crippen LogP contribution in [0.2, 0.25) is 0 Å². The second-order valence-electron chi connectivity index (χ2n) is 7.26. The summed E-state index contributed by atoms with van der Waals surface area (Å²) in [6.07, 6.45) is 3.55. The molecule has 6 nitrogen and oxygen atoms in total. The van der Waals surface area contributed by atoms with Gasteiger partial charge in [0, 0.05) is 32.8 Å². The number of morpholine rings is 1. The molecule has 24 heavy (non-hydrogen) atoms. The minimum Gasteiger partial charge on any atom is -0.379 e. The molecule has 2 aliphatic heterocycles. The number of piperidine rings is 1. The Morgan fingerprint density at radius 2 is 1.88 bits per heavy atom. The first kappa shape index (κ1) is 19.6. The summed E-state index contributed by atoms with van der Waals surface area (Å²) in [5.41, 5.74) is 0. The van der Waals surface area contributed by atoms with E-state index in [0.717, 1.165) is 51.7 Å². The van der Waals surface area contributed by atoms with E-state index in [1.165, 1.54) is 19.4 Å². The van der Waals surface area contributed by atoms with Gasteiger partial charge in [-0.1, -0.05) is 0 Å². The van der Waals surface area contributed by atoms with Crippen molar-refractivity contribution in [2.75, 3.05) is 65.6 Å². The van der Waals surface area contributed by atoms with Crippen LogP contribution in [0.4, 0.5) is 0 Å². The monoisotopic (exact) mass is 341 g/mol. The van der Waals surface area contributed by atoms with Crippen LogP contribution in [0.5, 0.6) is 0 Å². The van der Waals surface area contributed by atoms with E-state index in [2.05, 4.69) is 15.1 Å². The van der Waals surface area contributed by atoms with Gasteiger partial charge >= 0.3 is 0 Å². The lowest BCUT2D eigenvalue weighted by molar-refractivity contribution is -0.122. The fourth-order valence-corrected chi connectivity index (χ4v) is 3.35. The topological polar surface area (TPSA) is 54.0 Å². The Labute approximate surface area is 146 Å². The third kappa shape index (κ3) is 7.92. The van der Waals surface area contributed by atoms with E-state index in [1.54, 1.807) is 0 Å². The van der Waals surface area contributed by atoms with Crippen LogP contribution in [0.15, 0.2) is 0 Å². The van der Waals surface area contributed by atoms with Gasteiger partial charge in [0.1, 0.15) is 0 Å².